The number of nitrogens with zero attached hydrogens (tertiary/aromatic N) is 1. The van der Waals surface area contributed by atoms with Crippen molar-refractivity contribution >= 4 is 29.0 Å². The van der Waals surface area contributed by atoms with Gasteiger partial charge in [0.15, 0.2) is 0 Å². The maximum atomic E-state index is 12.2. The van der Waals surface area contributed by atoms with E-state index in [4.69, 9.17) is 10.5 Å². The Labute approximate surface area is 133 Å². The third kappa shape index (κ3) is 4.22. The van der Waals surface area contributed by atoms with Crippen molar-refractivity contribution in [3.05, 3.63) is 35.8 Å². The lowest BCUT2D eigenvalue weighted by atomic mass is 10.2. The van der Waals surface area contributed by atoms with Gasteiger partial charge in [-0.2, -0.15) is 5.10 Å². The average molecular weight is 317 g/mol. The number of nitrogens with two attached hydrogens (primary N) is 1. The largest absolute Gasteiger partial charge is 0.466 e. The fraction of sp³-hybridized carbons (Fsp3) is 0.267. The van der Waals surface area contributed by atoms with Gasteiger partial charge >= 0.3 is 5.97 Å². The first-order valence-electron chi connectivity index (χ1n) is 7.13. The summed E-state index contributed by atoms with van der Waals surface area (Å²) < 4.78 is 4.81. The van der Waals surface area contributed by atoms with Crippen molar-refractivity contribution in [2.75, 3.05) is 17.2 Å². The highest BCUT2D eigenvalue weighted by molar-refractivity contribution is 6.02. The first kappa shape index (κ1) is 16.3. The van der Waals surface area contributed by atoms with Crippen LogP contribution in [0.3, 0.4) is 0 Å². The molecule has 0 aromatic heterocycles. The molecule has 0 fully saturated rings. The van der Waals surface area contributed by atoms with Gasteiger partial charge in [0.2, 0.25) is 0 Å². The summed E-state index contributed by atoms with van der Waals surface area (Å²) in [4.78, 5) is 23.5. The first-order valence-corrected chi connectivity index (χ1v) is 7.13. The predicted molar refractivity (Wildman–Crippen MR) is 87.4 cm³/mol. The fourth-order valence-electron chi connectivity index (χ4n) is 1.95. The Morgan fingerprint density at radius 2 is 1.91 bits per heavy atom. The van der Waals surface area contributed by atoms with E-state index in [1.807, 2.05) is 24.3 Å². The smallest absolute Gasteiger partial charge is 0.311 e. The summed E-state index contributed by atoms with van der Waals surface area (Å²) in [6, 6.07) is 7.35. The number of esters is 1. The Hall–Kier alpha value is -3.03. The van der Waals surface area contributed by atoms with E-state index in [0.717, 1.165) is 11.4 Å². The summed E-state index contributed by atoms with van der Waals surface area (Å²) in [5, 5.41) is 9.76. The minimum atomic E-state index is -0.507. The van der Waals surface area contributed by atoms with Crippen molar-refractivity contribution in [2.24, 2.45) is 10.8 Å². The topological polar surface area (TPSA) is 118 Å². The van der Waals surface area contributed by atoms with Gasteiger partial charge in [0.05, 0.1) is 24.4 Å². The first-order chi connectivity index (χ1) is 11.0. The molecule has 1 aliphatic heterocycles. The maximum absolute atomic E-state index is 12.2. The Morgan fingerprint density at radius 1 is 1.26 bits per heavy atom. The van der Waals surface area contributed by atoms with Crippen LogP contribution in [0.4, 0.5) is 11.4 Å². The molecule has 0 atom stereocenters. The van der Waals surface area contributed by atoms with Crippen LogP contribution in [-0.4, -0.2) is 24.2 Å². The fourth-order valence-corrected chi connectivity index (χ4v) is 1.95. The average Bonchev–Trinajstić information content (AvgIpc) is 2.52. The van der Waals surface area contributed by atoms with Crippen LogP contribution in [-0.2, 0) is 14.3 Å². The molecular formula is C15H19N5O3. The van der Waals surface area contributed by atoms with Crippen molar-refractivity contribution in [1.29, 1.82) is 0 Å². The van der Waals surface area contributed by atoms with Crippen LogP contribution in [0.1, 0.15) is 20.3 Å². The normalized spacial score (nSPS) is 13.6. The number of nitrogens with one attached hydrogen (secondary N) is 3. The van der Waals surface area contributed by atoms with Crippen molar-refractivity contribution in [1.82, 2.24) is 5.43 Å². The lowest BCUT2D eigenvalue weighted by molar-refractivity contribution is -0.141. The van der Waals surface area contributed by atoms with Crippen LogP contribution in [0, 0.1) is 0 Å². The Kier molecular flexibility index (Phi) is 5.19. The second kappa shape index (κ2) is 7.30. The quantitative estimate of drug-likeness (QED) is 0.367. The van der Waals surface area contributed by atoms with E-state index in [2.05, 4.69) is 21.2 Å². The Morgan fingerprint density at radius 3 is 2.57 bits per heavy atom. The van der Waals surface area contributed by atoms with Crippen LogP contribution in [0.2, 0.25) is 0 Å². The molecule has 0 spiro atoms. The molecule has 0 unspecified atom stereocenters. The van der Waals surface area contributed by atoms with Crippen LogP contribution in [0.5, 0.6) is 0 Å². The minimum Gasteiger partial charge on any atom is -0.466 e. The van der Waals surface area contributed by atoms with Gasteiger partial charge in [-0.1, -0.05) is 12.1 Å². The predicted octanol–water partition coefficient (Wildman–Crippen LogP) is 1.10. The number of carbonyl (C=O) groups excluding carboxylic acids is 2. The van der Waals surface area contributed by atoms with E-state index in [1.54, 1.807) is 13.8 Å². The molecule has 0 bridgehead atoms. The Balaban J connectivity index is 2.00. The van der Waals surface area contributed by atoms with E-state index in [9.17, 15) is 9.59 Å². The van der Waals surface area contributed by atoms with Gasteiger partial charge in [-0.05, 0) is 26.0 Å². The lowest BCUT2D eigenvalue weighted by Gasteiger charge is -2.22. The molecule has 1 amide bonds. The van der Waals surface area contributed by atoms with Gasteiger partial charge in [0.25, 0.3) is 5.91 Å². The number of amides is 1. The summed E-state index contributed by atoms with van der Waals surface area (Å²) >= 11 is 0. The Bertz CT molecular complexity index is 681. The van der Waals surface area contributed by atoms with E-state index < -0.39 is 11.9 Å². The number of hydrogen-bond acceptors (Lipinski definition) is 7. The zero-order valence-electron chi connectivity index (χ0n) is 13.0. The molecule has 5 N–H and O–H groups in total. The molecule has 0 saturated heterocycles. The molecule has 1 aliphatic rings. The SMILES string of the molecule is CCOC(=O)CC(C)=NNC(=O)C1=C(N)Nc2ccccc2N1. The zero-order chi connectivity index (χ0) is 16.8. The highest BCUT2D eigenvalue weighted by Gasteiger charge is 2.20. The van der Waals surface area contributed by atoms with Crippen molar-refractivity contribution in [2.45, 2.75) is 20.3 Å². The molecule has 1 aromatic rings. The molecular weight excluding hydrogens is 298 g/mol. The van der Waals surface area contributed by atoms with Crippen molar-refractivity contribution in [3.63, 3.8) is 0 Å². The highest BCUT2D eigenvalue weighted by atomic mass is 16.5. The number of hydrogen-bond donors (Lipinski definition) is 4. The van der Waals surface area contributed by atoms with Crippen molar-refractivity contribution in [3.8, 4) is 0 Å². The number of benzene rings is 1. The van der Waals surface area contributed by atoms with E-state index >= 15 is 0 Å². The number of fused-ring (bicyclic) bond motifs is 1. The van der Waals surface area contributed by atoms with E-state index in [-0.39, 0.29) is 17.9 Å². The number of hydrazone groups is 1. The molecule has 1 aromatic carbocycles. The second-order valence-electron chi connectivity index (χ2n) is 4.85. The summed E-state index contributed by atoms with van der Waals surface area (Å²) in [6.45, 7) is 3.65. The van der Waals surface area contributed by atoms with E-state index in [0.29, 0.717) is 12.3 Å². The number of anilines is 2. The van der Waals surface area contributed by atoms with Gasteiger partial charge in [0.1, 0.15) is 11.5 Å². The van der Waals surface area contributed by atoms with Crippen LogP contribution in [0.25, 0.3) is 0 Å². The van der Waals surface area contributed by atoms with Crippen LogP contribution >= 0.6 is 0 Å². The number of rotatable bonds is 5. The molecule has 0 saturated carbocycles. The third-order valence-corrected chi connectivity index (χ3v) is 3.01. The summed E-state index contributed by atoms with van der Waals surface area (Å²) in [5.41, 5.74) is 10.3. The standard InChI is InChI=1S/C15H19N5O3/c1-3-23-12(21)8-9(2)19-20-15(22)13-14(16)18-11-7-5-4-6-10(11)17-13/h4-7,17-18H,3,8,16H2,1-2H3,(H,20,22). The van der Waals surface area contributed by atoms with Gasteiger partial charge < -0.3 is 21.1 Å². The van der Waals surface area contributed by atoms with E-state index in [1.165, 1.54) is 0 Å². The van der Waals surface area contributed by atoms with Gasteiger partial charge in [0, 0.05) is 5.71 Å². The van der Waals surface area contributed by atoms with Gasteiger partial charge in [-0.15, -0.1) is 0 Å². The minimum absolute atomic E-state index is 0.0111. The molecule has 23 heavy (non-hydrogen) atoms. The summed E-state index contributed by atoms with van der Waals surface area (Å²) in [6.07, 6.45) is 0.0111. The number of para-hydroxylation sites is 2. The molecule has 2 rings (SSSR count). The van der Waals surface area contributed by atoms with Gasteiger partial charge in [-0.3, -0.25) is 9.59 Å². The molecule has 0 radical (unpaired) electrons. The summed E-state index contributed by atoms with van der Waals surface area (Å²) in [5.74, 6) is -0.708. The van der Waals surface area contributed by atoms with Crippen LogP contribution in [0.15, 0.2) is 40.9 Å². The monoisotopic (exact) mass is 317 g/mol. The van der Waals surface area contributed by atoms with Crippen LogP contribution < -0.4 is 21.8 Å². The molecule has 122 valence electrons. The maximum Gasteiger partial charge on any atom is 0.311 e. The zero-order valence-corrected chi connectivity index (χ0v) is 13.0. The number of ether oxygens (including phenoxy) is 1. The molecule has 8 heteroatoms. The van der Waals surface area contributed by atoms with Gasteiger partial charge in [-0.25, -0.2) is 5.43 Å². The molecule has 8 nitrogen and oxygen atoms in total. The third-order valence-electron chi connectivity index (χ3n) is 3.01. The second-order valence-corrected chi connectivity index (χ2v) is 4.85. The highest BCUT2D eigenvalue weighted by Crippen LogP contribution is 2.27. The van der Waals surface area contributed by atoms with Crippen molar-refractivity contribution < 1.29 is 14.3 Å². The molecule has 1 heterocycles. The summed E-state index contributed by atoms with van der Waals surface area (Å²) in [7, 11) is 0. The number of carbonyl (C=O) groups is 2. The lowest BCUT2D eigenvalue weighted by Crippen LogP contribution is -2.32. The molecule has 0 aliphatic carbocycles.